The van der Waals surface area contributed by atoms with Crippen LogP contribution in [0.5, 0.6) is 17.2 Å². The van der Waals surface area contributed by atoms with Gasteiger partial charge in [-0.05, 0) is 50.2 Å². The fraction of sp³-hybridized carbons (Fsp3) is 0.393. The Hall–Kier alpha value is -3.85. The standard InChI is InChI=1S/C24H33NO4.C4H4O4/c1-5-25(18-20-11-8-9-13-22(20)27-2)16-10-6-7-12-21(26)19-14-15-23(28-3)24(17-19)29-4;5-3(6)1-2-4(7)8/h8-9,11,13-15,17H,5-7,10,12,16,18H2,1-4H3;1-2H,(H,5,6)(H,7,8). The summed E-state index contributed by atoms with van der Waals surface area (Å²) in [6.45, 7) is 5.06. The molecule has 0 radical (unpaired) electrons. The Labute approximate surface area is 218 Å². The number of benzene rings is 2. The third-order valence-corrected chi connectivity index (χ3v) is 5.49. The van der Waals surface area contributed by atoms with Crippen LogP contribution in [0.1, 0.15) is 48.5 Å². The molecule has 2 aromatic carbocycles. The molecule has 0 saturated heterocycles. The van der Waals surface area contributed by atoms with Gasteiger partial charge in [0.15, 0.2) is 17.3 Å². The van der Waals surface area contributed by atoms with E-state index in [0.29, 0.717) is 35.6 Å². The molecule has 0 spiro atoms. The summed E-state index contributed by atoms with van der Waals surface area (Å²) in [7, 11) is 4.88. The first kappa shape index (κ1) is 31.2. The normalized spacial score (nSPS) is 10.5. The van der Waals surface area contributed by atoms with Crippen LogP contribution in [-0.4, -0.2) is 67.3 Å². The van der Waals surface area contributed by atoms with Crippen LogP contribution in [0, 0.1) is 0 Å². The number of carboxylic acid groups (broad SMARTS) is 2. The number of methoxy groups -OCH3 is 3. The summed E-state index contributed by atoms with van der Waals surface area (Å²) in [4.78, 5) is 34.0. The molecular formula is C28H37NO8. The van der Waals surface area contributed by atoms with Crippen LogP contribution in [0.25, 0.3) is 0 Å². The van der Waals surface area contributed by atoms with Crippen molar-refractivity contribution in [1.29, 1.82) is 0 Å². The third-order valence-electron chi connectivity index (χ3n) is 5.49. The molecule has 0 fully saturated rings. The average molecular weight is 516 g/mol. The summed E-state index contributed by atoms with van der Waals surface area (Å²) in [5, 5.41) is 15.6. The number of rotatable bonds is 15. The molecule has 202 valence electrons. The van der Waals surface area contributed by atoms with Gasteiger partial charge in [-0.15, -0.1) is 0 Å². The van der Waals surface area contributed by atoms with Gasteiger partial charge < -0.3 is 24.4 Å². The van der Waals surface area contributed by atoms with Crippen LogP contribution in [0.15, 0.2) is 54.6 Å². The molecule has 9 nitrogen and oxygen atoms in total. The maximum absolute atomic E-state index is 12.5. The predicted molar refractivity (Wildman–Crippen MR) is 141 cm³/mol. The minimum atomic E-state index is -1.26. The molecule has 0 heterocycles. The third kappa shape index (κ3) is 12.1. The molecule has 0 aliphatic heterocycles. The molecule has 2 aromatic rings. The topological polar surface area (TPSA) is 123 Å². The van der Waals surface area contributed by atoms with Crippen molar-refractivity contribution in [2.75, 3.05) is 34.4 Å². The molecule has 0 saturated carbocycles. The van der Waals surface area contributed by atoms with Crippen molar-refractivity contribution in [2.24, 2.45) is 0 Å². The number of para-hydroxylation sites is 1. The monoisotopic (exact) mass is 515 g/mol. The molecule has 0 unspecified atom stereocenters. The largest absolute Gasteiger partial charge is 0.496 e. The number of nitrogens with zero attached hydrogens (tertiary/aromatic N) is 1. The molecule has 2 N–H and O–H groups in total. The van der Waals surface area contributed by atoms with Crippen LogP contribution in [0.2, 0.25) is 0 Å². The summed E-state index contributed by atoms with van der Waals surface area (Å²) in [5.74, 6) is -0.203. The first-order valence-electron chi connectivity index (χ1n) is 12.0. The molecule has 0 bridgehead atoms. The maximum Gasteiger partial charge on any atom is 0.328 e. The number of ether oxygens (including phenoxy) is 3. The van der Waals surface area contributed by atoms with E-state index in [1.54, 1.807) is 39.5 Å². The lowest BCUT2D eigenvalue weighted by Crippen LogP contribution is -2.24. The summed E-state index contributed by atoms with van der Waals surface area (Å²) in [6.07, 6.45) is 4.65. The lowest BCUT2D eigenvalue weighted by Gasteiger charge is -2.21. The molecule has 0 aliphatic rings. The molecule has 0 atom stereocenters. The Morgan fingerprint density at radius 1 is 0.811 bits per heavy atom. The number of ketones is 1. The Balaban J connectivity index is 0.000000738. The first-order chi connectivity index (χ1) is 17.7. The van der Waals surface area contributed by atoms with Crippen molar-refractivity contribution in [3.8, 4) is 17.2 Å². The van der Waals surface area contributed by atoms with Crippen molar-refractivity contribution in [3.05, 3.63) is 65.7 Å². The number of carbonyl (C=O) groups is 3. The Morgan fingerprint density at radius 2 is 1.43 bits per heavy atom. The number of unbranched alkanes of at least 4 members (excludes halogenated alkanes) is 2. The van der Waals surface area contributed by atoms with Crippen molar-refractivity contribution >= 4 is 17.7 Å². The van der Waals surface area contributed by atoms with Gasteiger partial charge in [-0.1, -0.05) is 31.5 Å². The number of carboxylic acids is 2. The van der Waals surface area contributed by atoms with E-state index in [1.165, 1.54) is 5.56 Å². The zero-order valence-electron chi connectivity index (χ0n) is 21.9. The van der Waals surface area contributed by atoms with E-state index >= 15 is 0 Å². The Morgan fingerprint density at radius 3 is 2.00 bits per heavy atom. The maximum atomic E-state index is 12.5. The second-order valence-electron chi connectivity index (χ2n) is 7.99. The van der Waals surface area contributed by atoms with E-state index < -0.39 is 11.9 Å². The van der Waals surface area contributed by atoms with E-state index in [0.717, 1.165) is 44.6 Å². The van der Waals surface area contributed by atoms with Gasteiger partial charge in [-0.3, -0.25) is 9.69 Å². The fourth-order valence-electron chi connectivity index (χ4n) is 3.52. The van der Waals surface area contributed by atoms with E-state index in [-0.39, 0.29) is 5.78 Å². The Bertz CT molecular complexity index is 1020. The van der Waals surface area contributed by atoms with Gasteiger partial charge >= 0.3 is 11.9 Å². The van der Waals surface area contributed by atoms with E-state index in [2.05, 4.69) is 17.9 Å². The lowest BCUT2D eigenvalue weighted by molar-refractivity contribution is -0.134. The number of carbonyl (C=O) groups excluding carboxylic acids is 1. The summed E-state index contributed by atoms with van der Waals surface area (Å²) < 4.78 is 16.0. The zero-order chi connectivity index (χ0) is 27.6. The van der Waals surface area contributed by atoms with E-state index in [1.807, 2.05) is 18.2 Å². The van der Waals surface area contributed by atoms with Crippen LogP contribution in [0.3, 0.4) is 0 Å². The van der Waals surface area contributed by atoms with Gasteiger partial charge in [0, 0.05) is 36.2 Å². The SMILES string of the molecule is CCN(CCCCCC(=O)c1ccc(OC)c(OC)c1)Cc1ccccc1OC.O=C(O)C=CC(=O)O. The van der Waals surface area contributed by atoms with Gasteiger partial charge in [-0.2, -0.15) is 0 Å². The molecule has 0 aromatic heterocycles. The molecule has 0 amide bonds. The van der Waals surface area contributed by atoms with Gasteiger partial charge in [0.25, 0.3) is 0 Å². The van der Waals surface area contributed by atoms with Crippen molar-refractivity contribution in [3.63, 3.8) is 0 Å². The zero-order valence-corrected chi connectivity index (χ0v) is 21.9. The highest BCUT2D eigenvalue weighted by Gasteiger charge is 2.11. The lowest BCUT2D eigenvalue weighted by atomic mass is 10.0. The fourth-order valence-corrected chi connectivity index (χ4v) is 3.52. The average Bonchev–Trinajstić information content (AvgIpc) is 2.91. The summed E-state index contributed by atoms with van der Waals surface area (Å²) in [6, 6.07) is 13.5. The minimum Gasteiger partial charge on any atom is -0.496 e. The van der Waals surface area contributed by atoms with Crippen LogP contribution in [0.4, 0.5) is 0 Å². The predicted octanol–water partition coefficient (Wildman–Crippen LogP) is 4.69. The van der Waals surface area contributed by atoms with Gasteiger partial charge in [0.05, 0.1) is 21.3 Å². The molecule has 37 heavy (non-hydrogen) atoms. The summed E-state index contributed by atoms with van der Waals surface area (Å²) >= 11 is 0. The smallest absolute Gasteiger partial charge is 0.328 e. The van der Waals surface area contributed by atoms with Gasteiger partial charge in [-0.25, -0.2) is 9.59 Å². The molecule has 9 heteroatoms. The van der Waals surface area contributed by atoms with E-state index in [9.17, 15) is 14.4 Å². The second-order valence-corrected chi connectivity index (χ2v) is 7.99. The van der Waals surface area contributed by atoms with Crippen molar-refractivity contribution in [1.82, 2.24) is 4.90 Å². The van der Waals surface area contributed by atoms with Crippen molar-refractivity contribution < 1.29 is 38.8 Å². The van der Waals surface area contributed by atoms with Crippen LogP contribution in [-0.2, 0) is 16.1 Å². The highest BCUT2D eigenvalue weighted by Crippen LogP contribution is 2.28. The Kier molecular flexibility index (Phi) is 14.8. The van der Waals surface area contributed by atoms with Crippen LogP contribution < -0.4 is 14.2 Å². The van der Waals surface area contributed by atoms with Crippen LogP contribution >= 0.6 is 0 Å². The first-order valence-corrected chi connectivity index (χ1v) is 12.0. The number of Topliss-reactive ketones (excluding diaryl/α,β-unsaturated/α-hetero) is 1. The highest BCUT2D eigenvalue weighted by molar-refractivity contribution is 5.96. The van der Waals surface area contributed by atoms with Gasteiger partial charge in [0.2, 0.25) is 0 Å². The number of hydrogen-bond donors (Lipinski definition) is 2. The van der Waals surface area contributed by atoms with E-state index in [4.69, 9.17) is 24.4 Å². The van der Waals surface area contributed by atoms with Gasteiger partial charge in [0.1, 0.15) is 5.75 Å². The van der Waals surface area contributed by atoms with Crippen molar-refractivity contribution in [2.45, 2.75) is 39.2 Å². The summed E-state index contributed by atoms with van der Waals surface area (Å²) in [5.41, 5.74) is 1.88. The number of hydrogen-bond acceptors (Lipinski definition) is 7. The minimum absolute atomic E-state index is 0.146. The highest BCUT2D eigenvalue weighted by atomic mass is 16.5. The molecular weight excluding hydrogens is 478 g/mol. The second kappa shape index (κ2) is 17.6. The number of aliphatic carboxylic acids is 2. The molecule has 0 aliphatic carbocycles. The quantitative estimate of drug-likeness (QED) is 0.198. The molecule has 2 rings (SSSR count).